The van der Waals surface area contributed by atoms with E-state index in [9.17, 15) is 13.5 Å². The average molecular weight is 318 g/mol. The molecule has 0 aliphatic carbocycles. The number of hydrogen-bond acceptors (Lipinski definition) is 3. The third-order valence-corrected chi connectivity index (χ3v) is 4.54. The SMILES string of the molecule is O=S(=O)(Nc1ccc(Cl)c(Cl)c1O)c1ccccc1. The first-order valence-electron chi connectivity index (χ1n) is 5.16. The fraction of sp³-hybridized carbons (Fsp3) is 0. The highest BCUT2D eigenvalue weighted by atomic mass is 35.5. The number of sulfonamides is 1. The maximum atomic E-state index is 12.1. The molecule has 100 valence electrons. The molecule has 2 rings (SSSR count). The largest absolute Gasteiger partial charge is 0.504 e. The van der Waals surface area contributed by atoms with Crippen LogP contribution in [-0.2, 0) is 10.0 Å². The van der Waals surface area contributed by atoms with Crippen LogP contribution >= 0.6 is 23.2 Å². The van der Waals surface area contributed by atoms with Gasteiger partial charge in [0.25, 0.3) is 10.0 Å². The van der Waals surface area contributed by atoms with Crippen molar-refractivity contribution in [2.75, 3.05) is 4.72 Å². The first-order valence-corrected chi connectivity index (χ1v) is 7.40. The lowest BCUT2D eigenvalue weighted by atomic mass is 10.3. The molecule has 0 amide bonds. The lowest BCUT2D eigenvalue weighted by Crippen LogP contribution is -2.12. The molecule has 0 unspecified atom stereocenters. The zero-order valence-electron chi connectivity index (χ0n) is 9.47. The van der Waals surface area contributed by atoms with Crippen LogP contribution in [0.2, 0.25) is 10.0 Å². The second-order valence-electron chi connectivity index (χ2n) is 3.68. The van der Waals surface area contributed by atoms with Crippen LogP contribution in [0.25, 0.3) is 0 Å². The normalized spacial score (nSPS) is 11.3. The molecule has 0 radical (unpaired) electrons. The molecule has 2 aromatic rings. The predicted molar refractivity (Wildman–Crippen MR) is 75.4 cm³/mol. The third-order valence-electron chi connectivity index (χ3n) is 2.37. The number of aromatic hydroxyl groups is 1. The molecule has 0 atom stereocenters. The molecule has 0 spiro atoms. The third kappa shape index (κ3) is 2.94. The fourth-order valence-electron chi connectivity index (χ4n) is 1.43. The molecule has 2 N–H and O–H groups in total. The maximum Gasteiger partial charge on any atom is 0.262 e. The van der Waals surface area contributed by atoms with Gasteiger partial charge in [-0.3, -0.25) is 4.72 Å². The van der Waals surface area contributed by atoms with Crippen molar-refractivity contribution in [2.45, 2.75) is 4.90 Å². The number of phenols is 1. The number of nitrogens with one attached hydrogen (secondary N) is 1. The molecule has 0 aromatic heterocycles. The molecule has 0 bridgehead atoms. The molecular weight excluding hydrogens is 309 g/mol. The Labute approximate surface area is 120 Å². The lowest BCUT2D eigenvalue weighted by molar-refractivity contribution is 0.478. The molecule has 4 nitrogen and oxygen atoms in total. The Morgan fingerprint density at radius 1 is 1.00 bits per heavy atom. The Morgan fingerprint density at radius 2 is 1.63 bits per heavy atom. The zero-order valence-corrected chi connectivity index (χ0v) is 11.8. The quantitative estimate of drug-likeness (QED) is 0.851. The molecule has 0 saturated heterocycles. The molecule has 0 heterocycles. The van der Waals surface area contributed by atoms with Gasteiger partial charge in [-0.2, -0.15) is 0 Å². The van der Waals surface area contributed by atoms with E-state index >= 15 is 0 Å². The first-order chi connectivity index (χ1) is 8.92. The monoisotopic (exact) mass is 317 g/mol. The van der Waals surface area contributed by atoms with E-state index < -0.39 is 15.8 Å². The first kappa shape index (κ1) is 14.0. The van der Waals surface area contributed by atoms with Gasteiger partial charge in [0.1, 0.15) is 5.02 Å². The highest BCUT2D eigenvalue weighted by Crippen LogP contribution is 2.38. The number of hydrogen-bond donors (Lipinski definition) is 2. The second kappa shape index (κ2) is 5.28. The summed E-state index contributed by atoms with van der Waals surface area (Å²) in [5.41, 5.74) is -0.0294. The van der Waals surface area contributed by atoms with Crippen molar-refractivity contribution >= 4 is 38.9 Å². The summed E-state index contributed by atoms with van der Waals surface area (Å²) in [5, 5.41) is 9.78. The molecule has 7 heteroatoms. The molecule has 19 heavy (non-hydrogen) atoms. The van der Waals surface area contributed by atoms with Gasteiger partial charge < -0.3 is 5.11 Å². The van der Waals surface area contributed by atoms with Crippen LogP contribution in [0.1, 0.15) is 0 Å². The summed E-state index contributed by atoms with van der Waals surface area (Å²) in [4.78, 5) is 0.0838. The second-order valence-corrected chi connectivity index (χ2v) is 6.14. The number of anilines is 1. The van der Waals surface area contributed by atoms with Crippen molar-refractivity contribution in [2.24, 2.45) is 0 Å². The Morgan fingerprint density at radius 3 is 2.26 bits per heavy atom. The summed E-state index contributed by atoms with van der Waals surface area (Å²) >= 11 is 11.4. The van der Waals surface area contributed by atoms with E-state index in [4.69, 9.17) is 23.2 Å². The minimum Gasteiger partial charge on any atom is -0.504 e. The Hall–Kier alpha value is -1.43. The van der Waals surface area contributed by atoms with Gasteiger partial charge in [-0.25, -0.2) is 8.42 Å². The van der Waals surface area contributed by atoms with Crippen LogP contribution in [-0.4, -0.2) is 13.5 Å². The van der Waals surface area contributed by atoms with Crippen LogP contribution in [0, 0.1) is 0 Å². The number of phenolic OH excluding ortho intramolecular Hbond substituents is 1. The molecule has 0 aliphatic heterocycles. The van der Waals surface area contributed by atoms with Gasteiger partial charge in [-0.1, -0.05) is 41.4 Å². The average Bonchev–Trinajstić information content (AvgIpc) is 2.40. The standard InChI is InChI=1S/C12H9Cl2NO3S/c13-9-6-7-10(12(16)11(9)14)15-19(17,18)8-4-2-1-3-5-8/h1-7,15-16H. The van der Waals surface area contributed by atoms with Gasteiger partial charge in [-0.15, -0.1) is 0 Å². The van der Waals surface area contributed by atoms with E-state index in [1.54, 1.807) is 18.2 Å². The minimum absolute atomic E-state index is 0.0294. The molecule has 0 fully saturated rings. The van der Waals surface area contributed by atoms with Crippen molar-refractivity contribution < 1.29 is 13.5 Å². The lowest BCUT2D eigenvalue weighted by Gasteiger charge is -2.11. The minimum atomic E-state index is -3.78. The maximum absolute atomic E-state index is 12.1. The van der Waals surface area contributed by atoms with E-state index in [0.717, 1.165) is 0 Å². The highest BCUT2D eigenvalue weighted by Gasteiger charge is 2.17. The van der Waals surface area contributed by atoms with Gasteiger partial charge in [0.2, 0.25) is 0 Å². The van der Waals surface area contributed by atoms with Crippen molar-refractivity contribution in [1.29, 1.82) is 0 Å². The van der Waals surface area contributed by atoms with Crippen LogP contribution in [0.15, 0.2) is 47.4 Å². The van der Waals surface area contributed by atoms with Gasteiger partial charge in [-0.05, 0) is 24.3 Å². The van der Waals surface area contributed by atoms with E-state index in [2.05, 4.69) is 4.72 Å². The van der Waals surface area contributed by atoms with Gasteiger partial charge in [0, 0.05) is 0 Å². The van der Waals surface area contributed by atoms with Crippen LogP contribution in [0.3, 0.4) is 0 Å². The van der Waals surface area contributed by atoms with Crippen LogP contribution in [0.5, 0.6) is 5.75 Å². The van der Waals surface area contributed by atoms with Gasteiger partial charge >= 0.3 is 0 Å². The molecular formula is C12H9Cl2NO3S. The van der Waals surface area contributed by atoms with Crippen LogP contribution < -0.4 is 4.72 Å². The smallest absolute Gasteiger partial charge is 0.262 e. The summed E-state index contributed by atoms with van der Waals surface area (Å²) in [5.74, 6) is -0.409. The number of halogens is 2. The number of rotatable bonds is 3. The Bertz CT molecular complexity index is 702. The Balaban J connectivity index is 2.40. The summed E-state index contributed by atoms with van der Waals surface area (Å²) in [7, 11) is -3.78. The summed E-state index contributed by atoms with van der Waals surface area (Å²) in [6.07, 6.45) is 0. The molecule has 2 aromatic carbocycles. The summed E-state index contributed by atoms with van der Waals surface area (Å²) < 4.78 is 26.4. The Kier molecular flexibility index (Phi) is 3.89. The van der Waals surface area contributed by atoms with E-state index in [0.29, 0.717) is 0 Å². The highest BCUT2D eigenvalue weighted by molar-refractivity contribution is 7.92. The fourth-order valence-corrected chi connectivity index (χ4v) is 2.83. The van der Waals surface area contributed by atoms with Gasteiger partial charge in [0.15, 0.2) is 5.75 Å². The molecule has 0 saturated carbocycles. The van der Waals surface area contributed by atoms with E-state index in [1.165, 1.54) is 24.3 Å². The van der Waals surface area contributed by atoms with Gasteiger partial charge in [0.05, 0.1) is 15.6 Å². The summed E-state index contributed by atoms with van der Waals surface area (Å²) in [6, 6.07) is 10.5. The number of benzene rings is 2. The summed E-state index contributed by atoms with van der Waals surface area (Å²) in [6.45, 7) is 0. The van der Waals surface area contributed by atoms with Crippen molar-refractivity contribution in [3.63, 3.8) is 0 Å². The predicted octanol–water partition coefficient (Wildman–Crippen LogP) is 3.50. The van der Waals surface area contributed by atoms with Crippen molar-refractivity contribution in [3.8, 4) is 5.75 Å². The van der Waals surface area contributed by atoms with Crippen molar-refractivity contribution in [1.82, 2.24) is 0 Å². The van der Waals surface area contributed by atoms with Crippen LogP contribution in [0.4, 0.5) is 5.69 Å². The van der Waals surface area contributed by atoms with Crippen molar-refractivity contribution in [3.05, 3.63) is 52.5 Å². The zero-order chi connectivity index (χ0) is 14.0. The topological polar surface area (TPSA) is 66.4 Å². The van der Waals surface area contributed by atoms with E-state index in [-0.39, 0.29) is 20.6 Å². The van der Waals surface area contributed by atoms with E-state index in [1.807, 2.05) is 0 Å². The molecule has 0 aliphatic rings.